The first-order chi connectivity index (χ1) is 12.1. The van der Waals surface area contributed by atoms with Crippen LogP contribution in [-0.4, -0.2) is 29.0 Å². The van der Waals surface area contributed by atoms with E-state index in [0.717, 1.165) is 5.52 Å². The van der Waals surface area contributed by atoms with Crippen molar-refractivity contribution < 1.29 is 4.79 Å². The van der Waals surface area contributed by atoms with Crippen molar-refractivity contribution in [2.45, 2.75) is 0 Å². The number of halogens is 2. The van der Waals surface area contributed by atoms with Gasteiger partial charge in [-0.05, 0) is 30.3 Å². The normalized spacial score (nSPS) is 10.4. The summed E-state index contributed by atoms with van der Waals surface area (Å²) in [5, 5.41) is 16.4. The van der Waals surface area contributed by atoms with Gasteiger partial charge in [-0.25, -0.2) is 4.98 Å². The Balaban J connectivity index is 1.62. The first-order valence-corrected chi connectivity index (χ1v) is 8.19. The number of H-pyrrole nitrogens is 1. The molecule has 0 bridgehead atoms. The number of aromatic nitrogens is 2. The monoisotopic (exact) mass is 373 g/mol. The number of carbonyl (C=O) groups is 1. The predicted octanol–water partition coefficient (Wildman–Crippen LogP) is 3.58. The van der Waals surface area contributed by atoms with Crippen LogP contribution in [0.3, 0.4) is 0 Å². The molecule has 6 nitrogen and oxygen atoms in total. The van der Waals surface area contributed by atoms with E-state index in [4.69, 9.17) is 28.5 Å². The van der Waals surface area contributed by atoms with E-state index in [9.17, 15) is 4.79 Å². The van der Waals surface area contributed by atoms with Crippen molar-refractivity contribution in [2.75, 3.05) is 18.4 Å². The van der Waals surface area contributed by atoms with Crippen LogP contribution in [0.1, 0.15) is 16.1 Å². The number of pyridine rings is 1. The van der Waals surface area contributed by atoms with Gasteiger partial charge in [-0.2, -0.15) is 5.26 Å². The largest absolute Gasteiger partial charge is 0.367 e. The molecule has 0 fully saturated rings. The lowest BCUT2D eigenvalue weighted by Crippen LogP contribution is -2.29. The molecule has 0 atom stereocenters. The molecule has 8 heteroatoms. The van der Waals surface area contributed by atoms with Crippen LogP contribution in [0.2, 0.25) is 10.0 Å². The van der Waals surface area contributed by atoms with Crippen LogP contribution < -0.4 is 10.6 Å². The molecule has 0 unspecified atom stereocenters. The summed E-state index contributed by atoms with van der Waals surface area (Å²) >= 11 is 12.2. The minimum Gasteiger partial charge on any atom is -0.367 e. The summed E-state index contributed by atoms with van der Waals surface area (Å²) in [7, 11) is 0. The number of nitrogens with zero attached hydrogens (tertiary/aromatic N) is 2. The average molecular weight is 374 g/mol. The Morgan fingerprint density at radius 3 is 2.92 bits per heavy atom. The van der Waals surface area contributed by atoms with Crippen LogP contribution in [0, 0.1) is 11.3 Å². The van der Waals surface area contributed by atoms with E-state index in [1.807, 2.05) is 0 Å². The summed E-state index contributed by atoms with van der Waals surface area (Å²) in [5.41, 5.74) is 1.48. The Hall–Kier alpha value is -2.75. The highest BCUT2D eigenvalue weighted by molar-refractivity contribution is 6.39. The summed E-state index contributed by atoms with van der Waals surface area (Å²) < 4.78 is 0. The number of aromatic amines is 1. The van der Waals surface area contributed by atoms with Gasteiger partial charge in [0.15, 0.2) is 0 Å². The summed E-state index contributed by atoms with van der Waals surface area (Å²) in [6, 6.07) is 10.6. The smallest absolute Gasteiger partial charge is 0.269 e. The van der Waals surface area contributed by atoms with E-state index in [2.05, 4.69) is 26.7 Å². The van der Waals surface area contributed by atoms with Gasteiger partial charge in [-0.15, -0.1) is 0 Å². The maximum Gasteiger partial charge on any atom is 0.269 e. The summed E-state index contributed by atoms with van der Waals surface area (Å²) in [5.74, 6) is 0.165. The van der Waals surface area contributed by atoms with Gasteiger partial charge in [0.2, 0.25) is 0 Å². The second-order valence-corrected chi connectivity index (χ2v) is 6.01. The van der Waals surface area contributed by atoms with Crippen molar-refractivity contribution in [2.24, 2.45) is 0 Å². The topological polar surface area (TPSA) is 93.6 Å². The minimum absolute atomic E-state index is 0.287. The predicted molar refractivity (Wildman–Crippen MR) is 98.1 cm³/mol. The molecule has 2 heterocycles. The summed E-state index contributed by atoms with van der Waals surface area (Å²) in [6.45, 7) is 0.758. The second-order valence-electron chi connectivity index (χ2n) is 5.20. The first-order valence-electron chi connectivity index (χ1n) is 7.44. The lowest BCUT2D eigenvalue weighted by atomic mass is 10.2. The number of nitrogens with one attached hydrogen (secondary N) is 3. The molecule has 0 aliphatic carbocycles. The van der Waals surface area contributed by atoms with E-state index in [1.54, 1.807) is 36.5 Å². The Kier molecular flexibility index (Phi) is 5.08. The third kappa shape index (κ3) is 3.68. The van der Waals surface area contributed by atoms with Crippen LogP contribution >= 0.6 is 23.2 Å². The third-order valence-corrected chi connectivity index (χ3v) is 4.18. The van der Waals surface area contributed by atoms with Gasteiger partial charge in [0, 0.05) is 35.2 Å². The Morgan fingerprint density at radius 2 is 2.12 bits per heavy atom. The molecule has 0 aliphatic rings. The number of benzene rings is 1. The quantitative estimate of drug-likeness (QED) is 0.595. The number of anilines is 1. The minimum atomic E-state index is -0.319. The summed E-state index contributed by atoms with van der Waals surface area (Å²) in [6.07, 6.45) is 1.59. The van der Waals surface area contributed by atoms with E-state index in [0.29, 0.717) is 39.9 Å². The van der Waals surface area contributed by atoms with Crippen molar-refractivity contribution >= 4 is 45.8 Å². The number of amides is 1. The van der Waals surface area contributed by atoms with Crippen molar-refractivity contribution in [1.82, 2.24) is 15.3 Å². The van der Waals surface area contributed by atoms with Crippen molar-refractivity contribution in [1.29, 1.82) is 5.26 Å². The highest BCUT2D eigenvalue weighted by atomic mass is 35.5. The van der Waals surface area contributed by atoms with Gasteiger partial charge < -0.3 is 15.6 Å². The molecule has 25 heavy (non-hydrogen) atoms. The molecule has 0 saturated carbocycles. The van der Waals surface area contributed by atoms with Crippen LogP contribution in [0.15, 0.2) is 36.5 Å². The molecule has 126 valence electrons. The van der Waals surface area contributed by atoms with E-state index in [-0.39, 0.29) is 11.6 Å². The van der Waals surface area contributed by atoms with Crippen LogP contribution in [0.4, 0.5) is 5.82 Å². The van der Waals surface area contributed by atoms with E-state index >= 15 is 0 Å². The first kappa shape index (κ1) is 17.1. The molecule has 0 aliphatic heterocycles. The van der Waals surface area contributed by atoms with Crippen molar-refractivity contribution in [3.8, 4) is 6.07 Å². The zero-order chi connectivity index (χ0) is 17.8. The average Bonchev–Trinajstić information content (AvgIpc) is 2.95. The number of rotatable bonds is 5. The molecule has 2 aromatic heterocycles. The van der Waals surface area contributed by atoms with Gasteiger partial charge in [0.1, 0.15) is 17.6 Å². The fraction of sp³-hybridized carbons (Fsp3) is 0.118. The number of hydrogen-bond donors (Lipinski definition) is 3. The highest BCUT2D eigenvalue weighted by Crippen LogP contribution is 2.29. The standard InChI is InChI=1S/C17H13Cl2N5O/c18-11-3-4-13-12(8-11)14(19)15(24-13)17(25)23-7-6-22-16-10(9-20)2-1-5-21-16/h1-5,8,24H,6-7H2,(H,21,22)(H,23,25). The molecule has 0 spiro atoms. The molecular weight excluding hydrogens is 361 g/mol. The maximum atomic E-state index is 12.3. The number of fused-ring (bicyclic) bond motifs is 1. The van der Waals surface area contributed by atoms with Crippen LogP contribution in [0.25, 0.3) is 10.9 Å². The van der Waals surface area contributed by atoms with Gasteiger partial charge in [0.25, 0.3) is 5.91 Å². The number of carbonyl (C=O) groups excluding carboxylic acids is 1. The summed E-state index contributed by atoms with van der Waals surface area (Å²) in [4.78, 5) is 19.4. The van der Waals surface area contributed by atoms with Crippen molar-refractivity contribution in [3.05, 3.63) is 57.8 Å². The van der Waals surface area contributed by atoms with Gasteiger partial charge >= 0.3 is 0 Å². The molecule has 3 rings (SSSR count). The van der Waals surface area contributed by atoms with E-state index in [1.165, 1.54) is 0 Å². The fourth-order valence-electron chi connectivity index (χ4n) is 2.37. The Morgan fingerprint density at radius 1 is 1.28 bits per heavy atom. The Labute approximate surface area is 153 Å². The second kappa shape index (κ2) is 7.43. The molecule has 1 amide bonds. The third-order valence-electron chi connectivity index (χ3n) is 3.56. The zero-order valence-corrected chi connectivity index (χ0v) is 14.4. The highest BCUT2D eigenvalue weighted by Gasteiger charge is 2.16. The van der Waals surface area contributed by atoms with Crippen molar-refractivity contribution in [3.63, 3.8) is 0 Å². The fourth-order valence-corrected chi connectivity index (χ4v) is 2.83. The van der Waals surface area contributed by atoms with Crippen LogP contribution in [0.5, 0.6) is 0 Å². The molecule has 0 radical (unpaired) electrons. The zero-order valence-electron chi connectivity index (χ0n) is 12.9. The molecule has 3 N–H and O–H groups in total. The SMILES string of the molecule is N#Cc1cccnc1NCCNC(=O)c1[nH]c2ccc(Cl)cc2c1Cl. The van der Waals surface area contributed by atoms with Gasteiger partial charge in [-0.3, -0.25) is 4.79 Å². The Bertz CT molecular complexity index is 977. The molecule has 1 aromatic carbocycles. The molecule has 3 aromatic rings. The lowest BCUT2D eigenvalue weighted by Gasteiger charge is -2.08. The lowest BCUT2D eigenvalue weighted by molar-refractivity contribution is 0.0951. The van der Waals surface area contributed by atoms with Gasteiger partial charge in [-0.1, -0.05) is 23.2 Å². The van der Waals surface area contributed by atoms with E-state index < -0.39 is 0 Å². The van der Waals surface area contributed by atoms with Crippen LogP contribution in [-0.2, 0) is 0 Å². The molecular formula is C17H13Cl2N5O. The van der Waals surface area contributed by atoms with Gasteiger partial charge in [0.05, 0.1) is 10.6 Å². The number of nitriles is 1. The number of hydrogen-bond acceptors (Lipinski definition) is 4. The maximum absolute atomic E-state index is 12.3. The molecule has 0 saturated heterocycles.